The molecule has 2 atom stereocenters. The van der Waals surface area contributed by atoms with E-state index in [0.29, 0.717) is 10.6 Å². The van der Waals surface area contributed by atoms with Crippen molar-refractivity contribution >= 4 is 29.3 Å². The van der Waals surface area contributed by atoms with E-state index in [4.69, 9.17) is 16.3 Å². The van der Waals surface area contributed by atoms with E-state index in [2.05, 4.69) is 4.98 Å². The van der Waals surface area contributed by atoms with Crippen LogP contribution in [0.15, 0.2) is 48.5 Å². The Morgan fingerprint density at radius 2 is 1.80 bits per heavy atom. The number of benzene rings is 2. The second kappa shape index (κ2) is 11.7. The van der Waals surface area contributed by atoms with Crippen molar-refractivity contribution < 1.29 is 37.7 Å². The van der Waals surface area contributed by atoms with Gasteiger partial charge in [-0.15, -0.1) is 0 Å². The summed E-state index contributed by atoms with van der Waals surface area (Å²) in [4.78, 5) is 34.6. The first-order valence-corrected chi connectivity index (χ1v) is 13.3. The highest BCUT2D eigenvalue weighted by atomic mass is 35.5. The standard InChI is InChI=1S/C28H30ClF3N4O5/c1-4-41-25(39)27(2,18-7-5-8-19(15-18)28(30,31)32)24-33-22-21(36(24)16-17-9-11-20(29)12-10-17)23(38)35(13-6-14-37)26(40)34(22)3/h5,7-12,15,26,37,40H,4,6,13-14,16H2,1-3H3. The van der Waals surface area contributed by atoms with E-state index >= 15 is 0 Å². The molecule has 1 amide bonds. The number of nitrogens with zero attached hydrogens (tertiary/aromatic N) is 4. The van der Waals surface area contributed by atoms with Crippen LogP contribution in [0.25, 0.3) is 0 Å². The van der Waals surface area contributed by atoms with Crippen LogP contribution in [-0.4, -0.2) is 69.7 Å². The van der Waals surface area contributed by atoms with E-state index in [0.717, 1.165) is 17.0 Å². The average molecular weight is 595 g/mol. The highest BCUT2D eigenvalue weighted by Gasteiger charge is 2.48. The molecule has 1 aliphatic rings. The predicted octanol–water partition coefficient (Wildman–Crippen LogP) is 4.02. The van der Waals surface area contributed by atoms with Gasteiger partial charge in [0.25, 0.3) is 5.91 Å². The van der Waals surface area contributed by atoms with Crippen LogP contribution in [0.2, 0.25) is 5.02 Å². The number of rotatable bonds is 9. The van der Waals surface area contributed by atoms with Gasteiger partial charge in [0.05, 0.1) is 12.2 Å². The van der Waals surface area contributed by atoms with E-state index in [1.807, 2.05) is 0 Å². The van der Waals surface area contributed by atoms with E-state index in [1.165, 1.54) is 35.6 Å². The van der Waals surface area contributed by atoms with E-state index in [1.54, 1.807) is 31.2 Å². The number of hydrogen-bond donors (Lipinski definition) is 2. The van der Waals surface area contributed by atoms with Gasteiger partial charge < -0.3 is 24.4 Å². The maximum absolute atomic E-state index is 13.8. The molecule has 220 valence electrons. The van der Waals surface area contributed by atoms with Crippen LogP contribution in [0, 0.1) is 0 Å². The first kappa shape index (κ1) is 30.4. The first-order chi connectivity index (χ1) is 19.3. The summed E-state index contributed by atoms with van der Waals surface area (Å²) in [6.07, 6.45) is -5.93. The molecule has 0 radical (unpaired) electrons. The van der Waals surface area contributed by atoms with Crippen molar-refractivity contribution in [1.82, 2.24) is 14.5 Å². The molecule has 9 nitrogen and oxygen atoms in total. The largest absolute Gasteiger partial charge is 0.465 e. The van der Waals surface area contributed by atoms with E-state index in [9.17, 15) is 33.0 Å². The van der Waals surface area contributed by atoms with Gasteiger partial charge in [-0.1, -0.05) is 41.9 Å². The Labute approximate surface area is 239 Å². The Balaban J connectivity index is 2.02. The molecule has 13 heteroatoms. The lowest BCUT2D eigenvalue weighted by Crippen LogP contribution is -2.54. The van der Waals surface area contributed by atoms with Crippen molar-refractivity contribution in [2.24, 2.45) is 0 Å². The molecule has 0 aliphatic carbocycles. The van der Waals surface area contributed by atoms with Crippen molar-refractivity contribution in [2.45, 2.75) is 44.8 Å². The summed E-state index contributed by atoms with van der Waals surface area (Å²) >= 11 is 6.06. The molecule has 2 aromatic carbocycles. The molecule has 3 aromatic rings. The molecule has 1 aliphatic heterocycles. The summed E-state index contributed by atoms with van der Waals surface area (Å²) in [6, 6.07) is 11.0. The van der Waals surface area contributed by atoms with Gasteiger partial charge in [-0.05, 0) is 49.6 Å². The third kappa shape index (κ3) is 5.64. The number of amides is 1. The van der Waals surface area contributed by atoms with Gasteiger partial charge in [0, 0.05) is 31.8 Å². The number of imidazole rings is 1. The number of halogens is 4. The number of carbonyl (C=O) groups is 2. The van der Waals surface area contributed by atoms with Crippen LogP contribution in [0.5, 0.6) is 0 Å². The van der Waals surface area contributed by atoms with Crippen LogP contribution >= 0.6 is 11.6 Å². The topological polar surface area (TPSA) is 108 Å². The fourth-order valence-electron chi connectivity index (χ4n) is 4.84. The Hall–Kier alpha value is -3.61. The lowest BCUT2D eigenvalue weighted by Gasteiger charge is -2.38. The molecular formula is C28H30ClF3N4O5. The average Bonchev–Trinajstić information content (AvgIpc) is 3.32. The van der Waals surface area contributed by atoms with Crippen LogP contribution in [0.3, 0.4) is 0 Å². The number of esters is 1. The summed E-state index contributed by atoms with van der Waals surface area (Å²) in [5, 5.41) is 20.7. The van der Waals surface area contributed by atoms with E-state index in [-0.39, 0.29) is 55.6 Å². The van der Waals surface area contributed by atoms with Crippen molar-refractivity contribution in [1.29, 1.82) is 0 Å². The van der Waals surface area contributed by atoms with Gasteiger partial charge in [0.15, 0.2) is 11.5 Å². The normalized spacial score (nSPS) is 16.9. The van der Waals surface area contributed by atoms with Gasteiger partial charge in [-0.2, -0.15) is 13.2 Å². The van der Waals surface area contributed by atoms with E-state index < -0.39 is 35.4 Å². The number of aliphatic hydroxyl groups excluding tert-OH is 2. The molecule has 4 rings (SSSR count). The van der Waals surface area contributed by atoms with Crippen LogP contribution in [0.1, 0.15) is 53.3 Å². The van der Waals surface area contributed by atoms with Crippen molar-refractivity contribution in [3.05, 3.63) is 81.8 Å². The molecule has 1 aromatic heterocycles. The lowest BCUT2D eigenvalue weighted by atomic mass is 9.80. The Morgan fingerprint density at radius 3 is 2.41 bits per heavy atom. The number of aromatic nitrogens is 2. The third-order valence-electron chi connectivity index (χ3n) is 7.08. The Bertz CT molecular complexity index is 1430. The second-order valence-corrected chi connectivity index (χ2v) is 10.2. The number of fused-ring (bicyclic) bond motifs is 1. The minimum atomic E-state index is -4.68. The summed E-state index contributed by atoms with van der Waals surface area (Å²) in [5.41, 5.74) is -2.23. The smallest absolute Gasteiger partial charge is 0.416 e. The summed E-state index contributed by atoms with van der Waals surface area (Å²) in [7, 11) is 1.50. The van der Waals surface area contributed by atoms with Gasteiger partial charge in [0.1, 0.15) is 11.2 Å². The van der Waals surface area contributed by atoms with Gasteiger partial charge in [0.2, 0.25) is 6.35 Å². The number of aliphatic hydroxyl groups is 2. The van der Waals surface area contributed by atoms with Crippen LogP contribution in [0.4, 0.5) is 19.0 Å². The SMILES string of the molecule is CCOC(=O)C(C)(c1cccc(C(F)(F)F)c1)c1nc2c(n1Cc1ccc(Cl)cc1)C(=O)N(CCCO)C(O)N2C. The first-order valence-electron chi connectivity index (χ1n) is 12.9. The molecule has 0 saturated heterocycles. The molecule has 2 N–H and O–H groups in total. The number of hydrogen-bond acceptors (Lipinski definition) is 7. The molecule has 0 bridgehead atoms. The lowest BCUT2D eigenvalue weighted by molar-refractivity contribution is -0.148. The maximum Gasteiger partial charge on any atom is 0.416 e. The fourth-order valence-corrected chi connectivity index (χ4v) is 4.97. The van der Waals surface area contributed by atoms with Crippen molar-refractivity contribution in [3.8, 4) is 0 Å². The van der Waals surface area contributed by atoms with Gasteiger partial charge >= 0.3 is 12.1 Å². The zero-order valence-electron chi connectivity index (χ0n) is 22.7. The zero-order valence-corrected chi connectivity index (χ0v) is 23.4. The van der Waals surface area contributed by atoms with Gasteiger partial charge in [-0.3, -0.25) is 14.5 Å². The Kier molecular flexibility index (Phi) is 8.67. The highest BCUT2D eigenvalue weighted by molar-refractivity contribution is 6.30. The molecule has 2 heterocycles. The molecule has 0 fully saturated rings. The van der Waals surface area contributed by atoms with Crippen LogP contribution in [-0.2, 0) is 27.7 Å². The Morgan fingerprint density at radius 1 is 1.15 bits per heavy atom. The molecular weight excluding hydrogens is 565 g/mol. The van der Waals surface area contributed by atoms with Crippen molar-refractivity contribution in [2.75, 3.05) is 31.7 Å². The summed E-state index contributed by atoms with van der Waals surface area (Å²) in [6.45, 7) is 2.70. The minimum absolute atomic E-state index is 0.00763. The second-order valence-electron chi connectivity index (χ2n) is 9.78. The predicted molar refractivity (Wildman–Crippen MR) is 144 cm³/mol. The molecule has 0 saturated carbocycles. The number of ether oxygens (including phenoxy) is 1. The van der Waals surface area contributed by atoms with Crippen LogP contribution < -0.4 is 4.90 Å². The third-order valence-corrected chi connectivity index (χ3v) is 7.33. The fraction of sp³-hybridized carbons (Fsp3) is 0.393. The van der Waals surface area contributed by atoms with Crippen molar-refractivity contribution in [3.63, 3.8) is 0 Å². The highest BCUT2D eigenvalue weighted by Crippen LogP contribution is 2.41. The van der Waals surface area contributed by atoms with Gasteiger partial charge in [-0.25, -0.2) is 4.98 Å². The minimum Gasteiger partial charge on any atom is -0.465 e. The molecule has 2 unspecified atom stereocenters. The molecule has 41 heavy (non-hydrogen) atoms. The number of alkyl halides is 3. The zero-order chi connectivity index (χ0) is 30.1. The monoisotopic (exact) mass is 594 g/mol. The summed E-state index contributed by atoms with van der Waals surface area (Å²) < 4.78 is 48.0. The quantitative estimate of drug-likeness (QED) is 0.360. The maximum atomic E-state index is 13.8. The molecule has 0 spiro atoms. The number of anilines is 1. The summed E-state index contributed by atoms with van der Waals surface area (Å²) in [5.74, 6) is -1.50. The number of carbonyl (C=O) groups excluding carboxylic acids is 2.